The first-order valence-electron chi connectivity index (χ1n) is 11.2. The Hall–Kier alpha value is -3.09. The van der Waals surface area contributed by atoms with Crippen molar-refractivity contribution in [3.63, 3.8) is 0 Å². The van der Waals surface area contributed by atoms with Crippen molar-refractivity contribution in [3.8, 4) is 11.5 Å². The molecule has 7 heteroatoms. The summed E-state index contributed by atoms with van der Waals surface area (Å²) in [4.78, 5) is 40.7. The van der Waals surface area contributed by atoms with Gasteiger partial charge in [0.15, 0.2) is 23.1 Å². The maximum absolute atomic E-state index is 13.5. The summed E-state index contributed by atoms with van der Waals surface area (Å²) in [5.74, 6) is -1.53. The maximum atomic E-state index is 13.5. The van der Waals surface area contributed by atoms with Gasteiger partial charge in [-0.25, -0.2) is 0 Å². The lowest BCUT2D eigenvalue weighted by Gasteiger charge is -2.48. The Morgan fingerprint density at radius 3 is 1.97 bits per heavy atom. The Bertz CT molecular complexity index is 1070. The van der Waals surface area contributed by atoms with Crippen LogP contribution in [0.25, 0.3) is 0 Å². The molecule has 3 aliphatic rings. The zero-order valence-corrected chi connectivity index (χ0v) is 19.8. The minimum Gasteiger partial charge on any atom is -0.504 e. The minimum absolute atomic E-state index is 0.0276. The summed E-state index contributed by atoms with van der Waals surface area (Å²) < 4.78 is 5.30. The molecule has 0 saturated heterocycles. The molecule has 0 saturated carbocycles. The van der Waals surface area contributed by atoms with Crippen molar-refractivity contribution in [2.75, 3.05) is 13.7 Å². The number of nitrogens with zero attached hydrogens (tertiary/aromatic N) is 1. The molecule has 0 radical (unpaired) electrons. The predicted octanol–water partition coefficient (Wildman–Crippen LogP) is 4.17. The molecule has 1 aromatic rings. The van der Waals surface area contributed by atoms with Crippen LogP contribution >= 0.6 is 0 Å². The molecule has 1 aliphatic heterocycles. The fraction of sp³-hybridized carbons (Fsp3) is 0.500. The molecule has 0 aromatic heterocycles. The van der Waals surface area contributed by atoms with E-state index in [0.29, 0.717) is 53.8 Å². The van der Waals surface area contributed by atoms with Gasteiger partial charge in [-0.05, 0) is 41.4 Å². The average Bonchev–Trinajstić information content (AvgIpc) is 2.67. The molecule has 0 fully saturated rings. The van der Waals surface area contributed by atoms with Gasteiger partial charge in [-0.15, -0.1) is 0 Å². The van der Waals surface area contributed by atoms with Gasteiger partial charge in [-0.2, -0.15) is 0 Å². The van der Waals surface area contributed by atoms with Crippen molar-refractivity contribution < 1.29 is 29.3 Å². The number of aliphatic carboxylic acids is 1. The third-order valence-corrected chi connectivity index (χ3v) is 6.85. The maximum Gasteiger partial charge on any atom is 0.323 e. The fourth-order valence-electron chi connectivity index (χ4n) is 5.58. The molecule has 33 heavy (non-hydrogen) atoms. The first kappa shape index (κ1) is 23.1. The number of carboxylic acid groups (broad SMARTS) is 1. The Kier molecular flexibility index (Phi) is 5.42. The molecule has 1 aromatic carbocycles. The van der Waals surface area contributed by atoms with Gasteiger partial charge in [0.2, 0.25) is 0 Å². The summed E-state index contributed by atoms with van der Waals surface area (Å²) in [5.41, 5.74) is 2.41. The highest BCUT2D eigenvalue weighted by Crippen LogP contribution is 2.54. The third kappa shape index (κ3) is 4.05. The van der Waals surface area contributed by atoms with Crippen molar-refractivity contribution in [1.82, 2.24) is 4.90 Å². The van der Waals surface area contributed by atoms with Gasteiger partial charge in [-0.3, -0.25) is 14.4 Å². The van der Waals surface area contributed by atoms with Crippen LogP contribution in [0.3, 0.4) is 0 Å². The Labute approximate surface area is 193 Å². The van der Waals surface area contributed by atoms with Gasteiger partial charge in [0.25, 0.3) is 0 Å². The lowest BCUT2D eigenvalue weighted by molar-refractivity contribution is -0.138. The van der Waals surface area contributed by atoms with E-state index in [1.165, 1.54) is 13.2 Å². The highest BCUT2D eigenvalue weighted by molar-refractivity contribution is 6.07. The molecule has 2 N–H and O–H groups in total. The van der Waals surface area contributed by atoms with Crippen LogP contribution in [0.5, 0.6) is 11.5 Å². The smallest absolute Gasteiger partial charge is 0.323 e. The minimum atomic E-state index is -1.01. The predicted molar refractivity (Wildman–Crippen MR) is 122 cm³/mol. The number of phenols is 1. The number of hydrogen-bond acceptors (Lipinski definition) is 6. The number of hydrogen-bond donors (Lipinski definition) is 2. The molecule has 176 valence electrons. The lowest BCUT2D eigenvalue weighted by Crippen LogP contribution is -2.45. The van der Waals surface area contributed by atoms with E-state index >= 15 is 0 Å². The van der Waals surface area contributed by atoms with E-state index in [1.54, 1.807) is 17.0 Å². The standard InChI is InChI=1S/C26H31NO6/c1-25(2)9-15-23(18(29)11-25)22(14-6-7-17(28)20(8-14)33-5)24-16(27(15)13-21(31)32)10-26(3,4)12-19(24)30/h6-8,22,28H,9-13H2,1-5H3,(H,31,32). The van der Waals surface area contributed by atoms with Crippen molar-refractivity contribution in [2.45, 2.75) is 59.3 Å². The van der Waals surface area contributed by atoms with Crippen molar-refractivity contribution in [1.29, 1.82) is 0 Å². The molecule has 1 heterocycles. The molecule has 4 rings (SSSR count). The largest absolute Gasteiger partial charge is 0.504 e. The highest BCUT2D eigenvalue weighted by atomic mass is 16.5. The molecule has 0 spiro atoms. The Morgan fingerprint density at radius 1 is 1.00 bits per heavy atom. The molecule has 0 amide bonds. The van der Waals surface area contributed by atoms with Crippen LogP contribution in [0, 0.1) is 10.8 Å². The lowest BCUT2D eigenvalue weighted by atomic mass is 9.63. The quantitative estimate of drug-likeness (QED) is 0.705. The van der Waals surface area contributed by atoms with Crippen LogP contribution in [-0.2, 0) is 14.4 Å². The number of methoxy groups -OCH3 is 1. The summed E-state index contributed by atoms with van der Waals surface area (Å²) in [7, 11) is 1.45. The van der Waals surface area contributed by atoms with E-state index in [0.717, 1.165) is 0 Å². The summed E-state index contributed by atoms with van der Waals surface area (Å²) >= 11 is 0. The number of benzene rings is 1. The third-order valence-electron chi connectivity index (χ3n) is 6.85. The van der Waals surface area contributed by atoms with Gasteiger partial charge < -0.3 is 19.8 Å². The normalized spacial score (nSPS) is 22.3. The first-order chi connectivity index (χ1) is 15.3. The first-order valence-corrected chi connectivity index (χ1v) is 11.2. The number of Topliss-reactive ketones (excluding diaryl/α,β-unsaturated/α-hetero) is 2. The average molecular weight is 454 g/mol. The number of ketones is 2. The highest BCUT2D eigenvalue weighted by Gasteiger charge is 2.49. The number of phenolic OH excluding ortho intramolecular Hbond substituents is 1. The molecular weight excluding hydrogens is 422 g/mol. The second-order valence-corrected chi connectivity index (χ2v) is 10.9. The summed E-state index contributed by atoms with van der Waals surface area (Å²) in [6.07, 6.45) is 1.72. The van der Waals surface area contributed by atoms with E-state index < -0.39 is 11.9 Å². The summed E-state index contributed by atoms with van der Waals surface area (Å²) in [5, 5.41) is 19.8. The van der Waals surface area contributed by atoms with E-state index in [-0.39, 0.29) is 40.4 Å². The molecular formula is C26H31NO6. The second-order valence-electron chi connectivity index (χ2n) is 10.9. The zero-order valence-electron chi connectivity index (χ0n) is 19.8. The second kappa shape index (κ2) is 7.75. The van der Waals surface area contributed by atoms with Crippen molar-refractivity contribution >= 4 is 17.5 Å². The van der Waals surface area contributed by atoms with Crippen molar-refractivity contribution in [2.24, 2.45) is 10.8 Å². The van der Waals surface area contributed by atoms with E-state index in [9.17, 15) is 24.6 Å². The number of rotatable bonds is 4. The monoisotopic (exact) mass is 453 g/mol. The van der Waals surface area contributed by atoms with Gasteiger partial charge >= 0.3 is 5.97 Å². The molecule has 7 nitrogen and oxygen atoms in total. The Morgan fingerprint density at radius 2 is 1.52 bits per heavy atom. The summed E-state index contributed by atoms with van der Waals surface area (Å²) in [6.45, 7) is 7.73. The van der Waals surface area contributed by atoms with E-state index in [4.69, 9.17) is 4.74 Å². The number of carbonyl (C=O) groups is 3. The van der Waals surface area contributed by atoms with E-state index in [2.05, 4.69) is 0 Å². The molecule has 0 bridgehead atoms. The van der Waals surface area contributed by atoms with Gasteiger partial charge in [0.05, 0.1) is 7.11 Å². The summed E-state index contributed by atoms with van der Waals surface area (Å²) in [6, 6.07) is 4.89. The van der Waals surface area contributed by atoms with Crippen LogP contribution in [-0.4, -0.2) is 46.3 Å². The number of ether oxygens (including phenoxy) is 1. The number of carboxylic acids is 1. The number of aromatic hydroxyl groups is 1. The number of carbonyl (C=O) groups excluding carboxylic acids is 2. The molecule has 0 unspecified atom stereocenters. The molecule has 2 aliphatic carbocycles. The fourth-order valence-corrected chi connectivity index (χ4v) is 5.58. The zero-order chi connectivity index (χ0) is 24.3. The van der Waals surface area contributed by atoms with Crippen LogP contribution in [0.1, 0.15) is 64.9 Å². The van der Waals surface area contributed by atoms with Crippen LogP contribution in [0.2, 0.25) is 0 Å². The van der Waals surface area contributed by atoms with Crippen molar-refractivity contribution in [3.05, 3.63) is 46.3 Å². The van der Waals surface area contributed by atoms with Gasteiger partial charge in [0.1, 0.15) is 6.54 Å². The van der Waals surface area contributed by atoms with Gasteiger partial charge in [-0.1, -0.05) is 33.8 Å². The van der Waals surface area contributed by atoms with E-state index in [1.807, 2.05) is 27.7 Å². The topological polar surface area (TPSA) is 104 Å². The van der Waals surface area contributed by atoms with Crippen LogP contribution in [0.15, 0.2) is 40.7 Å². The van der Waals surface area contributed by atoms with Crippen LogP contribution < -0.4 is 4.74 Å². The van der Waals surface area contributed by atoms with Gasteiger partial charge in [0, 0.05) is 41.3 Å². The SMILES string of the molecule is COc1cc(C2C3=C(CC(C)(C)CC3=O)N(CC(=O)O)C3=C2C(=O)CC(C)(C)C3)ccc1O. The Balaban J connectivity index is 2.02. The number of allylic oxidation sites excluding steroid dienone is 4. The molecule has 0 atom stereocenters. The van der Waals surface area contributed by atoms with Crippen LogP contribution in [0.4, 0.5) is 0 Å².